The van der Waals surface area contributed by atoms with Crippen LogP contribution >= 0.6 is 0 Å². The van der Waals surface area contributed by atoms with Crippen LogP contribution in [0.3, 0.4) is 0 Å². The summed E-state index contributed by atoms with van der Waals surface area (Å²) in [5.41, 5.74) is 1.44. The van der Waals surface area contributed by atoms with Crippen molar-refractivity contribution >= 4 is 22.6 Å². The molecule has 7 nitrogen and oxygen atoms in total. The Labute approximate surface area is 183 Å². The fourth-order valence-corrected chi connectivity index (χ4v) is 5.09. The number of nitriles is 1. The quantitative estimate of drug-likeness (QED) is 0.821. The van der Waals surface area contributed by atoms with Crippen molar-refractivity contribution in [2.45, 2.75) is 57.5 Å². The highest BCUT2D eigenvalue weighted by Gasteiger charge is 2.47. The molecule has 0 bridgehead atoms. The molecule has 1 aromatic heterocycles. The van der Waals surface area contributed by atoms with Gasteiger partial charge in [0.25, 0.3) is 0 Å². The van der Waals surface area contributed by atoms with Gasteiger partial charge in [-0.25, -0.2) is 9.97 Å². The molecule has 0 atom stereocenters. The average Bonchev–Trinajstić information content (AvgIpc) is 3.57. The van der Waals surface area contributed by atoms with Gasteiger partial charge in [0.15, 0.2) is 0 Å². The Bertz CT molecular complexity index is 1010. The number of piperazine rings is 1. The van der Waals surface area contributed by atoms with Gasteiger partial charge in [-0.15, -0.1) is 0 Å². The first-order chi connectivity index (χ1) is 15.1. The van der Waals surface area contributed by atoms with E-state index in [4.69, 9.17) is 0 Å². The standard InChI is InChI=1S/C24H30N6O/c1-24(8-9-24)23(31)30-12-10-29(11-13-30)19-5-3-18(4-6-19)28-22-20-14-17(15-25)2-7-21(20)26-16-27-22/h2,7,14,16,18-19H,3-6,8-13H2,1H3,(H,26,27,28). The van der Waals surface area contributed by atoms with Crippen molar-refractivity contribution in [2.75, 3.05) is 31.5 Å². The highest BCUT2D eigenvalue weighted by atomic mass is 16.2. The summed E-state index contributed by atoms with van der Waals surface area (Å²) in [5, 5.41) is 13.7. The number of carbonyl (C=O) groups excluding carboxylic acids is 1. The van der Waals surface area contributed by atoms with Crippen LogP contribution in [0.25, 0.3) is 10.9 Å². The lowest BCUT2D eigenvalue weighted by atomic mass is 9.89. The van der Waals surface area contributed by atoms with Crippen LogP contribution in [-0.2, 0) is 4.79 Å². The second-order valence-electron chi connectivity index (χ2n) is 9.60. The molecule has 3 aliphatic rings. The highest BCUT2D eigenvalue weighted by Crippen LogP contribution is 2.46. The summed E-state index contributed by atoms with van der Waals surface area (Å²) in [6, 6.07) is 8.74. The minimum Gasteiger partial charge on any atom is -0.367 e. The number of nitrogens with one attached hydrogen (secondary N) is 1. The lowest BCUT2D eigenvalue weighted by molar-refractivity contribution is -0.138. The topological polar surface area (TPSA) is 85.2 Å². The molecule has 1 amide bonds. The molecule has 0 unspecified atom stereocenters. The summed E-state index contributed by atoms with van der Waals surface area (Å²) in [6.45, 7) is 5.86. The molecular formula is C24H30N6O. The fraction of sp³-hybridized carbons (Fsp3) is 0.583. The molecule has 2 saturated carbocycles. The predicted molar refractivity (Wildman–Crippen MR) is 119 cm³/mol. The van der Waals surface area contributed by atoms with Crippen molar-refractivity contribution in [3.8, 4) is 6.07 Å². The molecule has 3 fully saturated rings. The van der Waals surface area contributed by atoms with E-state index in [2.05, 4.69) is 38.1 Å². The van der Waals surface area contributed by atoms with Crippen LogP contribution in [0.5, 0.6) is 0 Å². The molecular weight excluding hydrogens is 388 g/mol. The minimum absolute atomic E-state index is 0.0505. The molecule has 1 N–H and O–H groups in total. The van der Waals surface area contributed by atoms with E-state index in [1.165, 1.54) is 0 Å². The van der Waals surface area contributed by atoms with Crippen molar-refractivity contribution in [3.05, 3.63) is 30.1 Å². The molecule has 0 radical (unpaired) electrons. The maximum atomic E-state index is 12.6. The van der Waals surface area contributed by atoms with E-state index in [1.54, 1.807) is 12.4 Å². The van der Waals surface area contributed by atoms with Gasteiger partial charge in [0.05, 0.1) is 17.1 Å². The van der Waals surface area contributed by atoms with Gasteiger partial charge in [0, 0.05) is 49.1 Å². The van der Waals surface area contributed by atoms with Crippen LogP contribution in [-0.4, -0.2) is 63.9 Å². The van der Waals surface area contributed by atoms with Gasteiger partial charge in [0.1, 0.15) is 12.1 Å². The van der Waals surface area contributed by atoms with Crippen LogP contribution in [0, 0.1) is 16.7 Å². The molecule has 1 aromatic carbocycles. The Balaban J connectivity index is 1.15. The zero-order valence-electron chi connectivity index (χ0n) is 18.2. The number of benzene rings is 1. The Kier molecular flexibility index (Phi) is 5.27. The number of hydrogen-bond donors (Lipinski definition) is 1. The predicted octanol–water partition coefficient (Wildman–Crippen LogP) is 3.17. The van der Waals surface area contributed by atoms with Crippen LogP contribution in [0.4, 0.5) is 5.82 Å². The van der Waals surface area contributed by atoms with Crippen molar-refractivity contribution < 1.29 is 4.79 Å². The lowest BCUT2D eigenvalue weighted by Crippen LogP contribution is -2.54. The maximum Gasteiger partial charge on any atom is 0.228 e. The van der Waals surface area contributed by atoms with Gasteiger partial charge in [-0.2, -0.15) is 5.26 Å². The van der Waals surface area contributed by atoms with Gasteiger partial charge < -0.3 is 10.2 Å². The Morgan fingerprint density at radius 3 is 2.55 bits per heavy atom. The zero-order chi connectivity index (χ0) is 21.4. The SMILES string of the molecule is CC1(C(=O)N2CCN(C3CCC(Nc4ncnc5ccc(C#N)cc45)CC3)CC2)CC1. The Morgan fingerprint density at radius 1 is 1.13 bits per heavy atom. The van der Waals surface area contributed by atoms with Crippen molar-refractivity contribution in [2.24, 2.45) is 5.41 Å². The van der Waals surface area contributed by atoms with E-state index >= 15 is 0 Å². The van der Waals surface area contributed by atoms with Gasteiger partial charge in [-0.3, -0.25) is 9.69 Å². The summed E-state index contributed by atoms with van der Waals surface area (Å²) >= 11 is 0. The molecule has 7 heteroatoms. The van der Waals surface area contributed by atoms with Gasteiger partial charge >= 0.3 is 0 Å². The van der Waals surface area contributed by atoms with E-state index in [-0.39, 0.29) is 5.41 Å². The molecule has 5 rings (SSSR count). The minimum atomic E-state index is -0.0505. The number of fused-ring (bicyclic) bond motifs is 1. The van der Waals surface area contributed by atoms with Gasteiger partial charge in [-0.05, 0) is 56.7 Å². The number of aromatic nitrogens is 2. The van der Waals surface area contributed by atoms with Crippen LogP contribution in [0.1, 0.15) is 51.0 Å². The number of hydrogen-bond acceptors (Lipinski definition) is 6. The molecule has 1 aliphatic heterocycles. The van der Waals surface area contributed by atoms with Gasteiger partial charge in [0.2, 0.25) is 5.91 Å². The maximum absolute atomic E-state index is 12.6. The fourth-order valence-electron chi connectivity index (χ4n) is 5.09. The smallest absolute Gasteiger partial charge is 0.228 e. The highest BCUT2D eigenvalue weighted by molar-refractivity contribution is 5.90. The van der Waals surface area contributed by atoms with E-state index in [0.29, 0.717) is 23.6 Å². The van der Waals surface area contributed by atoms with E-state index in [1.807, 2.05) is 12.1 Å². The van der Waals surface area contributed by atoms with E-state index in [0.717, 1.165) is 81.4 Å². The van der Waals surface area contributed by atoms with Gasteiger partial charge in [-0.1, -0.05) is 6.92 Å². The summed E-state index contributed by atoms with van der Waals surface area (Å²) in [5.74, 6) is 1.20. The summed E-state index contributed by atoms with van der Waals surface area (Å²) in [7, 11) is 0. The second kappa shape index (κ2) is 8.08. The van der Waals surface area contributed by atoms with E-state index < -0.39 is 0 Å². The molecule has 2 heterocycles. The van der Waals surface area contributed by atoms with Crippen molar-refractivity contribution in [1.82, 2.24) is 19.8 Å². The number of nitrogens with zero attached hydrogens (tertiary/aromatic N) is 5. The third-order valence-corrected chi connectivity index (χ3v) is 7.44. The Morgan fingerprint density at radius 2 is 1.87 bits per heavy atom. The second-order valence-corrected chi connectivity index (χ2v) is 9.60. The molecule has 162 valence electrons. The third-order valence-electron chi connectivity index (χ3n) is 7.44. The number of anilines is 1. The lowest BCUT2D eigenvalue weighted by Gasteiger charge is -2.42. The molecule has 1 saturated heterocycles. The molecule has 0 spiro atoms. The average molecular weight is 419 g/mol. The van der Waals surface area contributed by atoms with Crippen molar-refractivity contribution in [1.29, 1.82) is 5.26 Å². The largest absolute Gasteiger partial charge is 0.367 e. The third kappa shape index (κ3) is 4.09. The number of amides is 1. The van der Waals surface area contributed by atoms with Crippen LogP contribution < -0.4 is 5.32 Å². The summed E-state index contributed by atoms with van der Waals surface area (Å²) < 4.78 is 0. The monoisotopic (exact) mass is 418 g/mol. The number of rotatable bonds is 4. The summed E-state index contributed by atoms with van der Waals surface area (Å²) in [4.78, 5) is 26.0. The zero-order valence-corrected chi connectivity index (χ0v) is 18.2. The first-order valence-electron chi connectivity index (χ1n) is 11.5. The number of carbonyl (C=O) groups is 1. The van der Waals surface area contributed by atoms with Crippen LogP contribution in [0.2, 0.25) is 0 Å². The molecule has 31 heavy (non-hydrogen) atoms. The first-order valence-corrected chi connectivity index (χ1v) is 11.5. The first kappa shape index (κ1) is 20.2. The summed E-state index contributed by atoms with van der Waals surface area (Å²) in [6.07, 6.45) is 8.23. The van der Waals surface area contributed by atoms with Crippen LogP contribution in [0.15, 0.2) is 24.5 Å². The molecule has 2 aromatic rings. The van der Waals surface area contributed by atoms with Crippen molar-refractivity contribution in [3.63, 3.8) is 0 Å². The van der Waals surface area contributed by atoms with E-state index in [9.17, 15) is 10.1 Å². The normalized spacial score (nSPS) is 25.7. The molecule has 2 aliphatic carbocycles. The Hall–Kier alpha value is -2.72.